The van der Waals surface area contributed by atoms with Crippen LogP contribution in [0, 0.1) is 0 Å². The zero-order valence-corrected chi connectivity index (χ0v) is 10.9. The van der Waals surface area contributed by atoms with Gasteiger partial charge >= 0.3 is 5.97 Å². The van der Waals surface area contributed by atoms with E-state index in [0.717, 1.165) is 11.3 Å². The second-order valence-corrected chi connectivity index (χ2v) is 4.43. The summed E-state index contributed by atoms with van der Waals surface area (Å²) in [6.45, 7) is 0.496. The first-order valence-corrected chi connectivity index (χ1v) is 6.24. The van der Waals surface area contributed by atoms with Crippen LogP contribution in [0.2, 0.25) is 5.02 Å². The maximum absolute atomic E-state index is 10.8. The second-order valence-electron chi connectivity index (χ2n) is 4.02. The lowest BCUT2D eigenvalue weighted by Crippen LogP contribution is -2.03. The largest absolute Gasteiger partial charge is 0.493 e. The first-order valence-electron chi connectivity index (χ1n) is 5.86. The number of carboxylic acid groups (broad SMARTS) is 1. The molecule has 0 aromatic heterocycles. The highest BCUT2D eigenvalue weighted by molar-refractivity contribution is 6.31. The van der Waals surface area contributed by atoms with Crippen LogP contribution in [0.15, 0.2) is 48.5 Å². The molecule has 0 bridgehead atoms. The summed E-state index contributed by atoms with van der Waals surface area (Å²) in [7, 11) is 0. The van der Waals surface area contributed by atoms with E-state index in [1.165, 1.54) is 6.07 Å². The SMILES string of the molecule is O=C(O)c1ccc(CCOc2ccccc2)c(Cl)c1. The predicted molar refractivity (Wildman–Crippen MR) is 74.1 cm³/mol. The van der Waals surface area contributed by atoms with Gasteiger partial charge in [0.05, 0.1) is 12.2 Å². The summed E-state index contributed by atoms with van der Waals surface area (Å²) in [6.07, 6.45) is 0.633. The van der Waals surface area contributed by atoms with Crippen LogP contribution in [0.1, 0.15) is 15.9 Å². The van der Waals surface area contributed by atoms with Crippen molar-refractivity contribution in [3.8, 4) is 5.75 Å². The minimum atomic E-state index is -0.978. The van der Waals surface area contributed by atoms with Gasteiger partial charge in [-0.05, 0) is 29.8 Å². The average Bonchev–Trinajstić information content (AvgIpc) is 2.41. The Balaban J connectivity index is 1.95. The Morgan fingerprint density at radius 3 is 2.53 bits per heavy atom. The highest BCUT2D eigenvalue weighted by Gasteiger charge is 2.07. The Bertz CT molecular complexity index is 567. The quantitative estimate of drug-likeness (QED) is 0.906. The third-order valence-electron chi connectivity index (χ3n) is 2.68. The smallest absolute Gasteiger partial charge is 0.335 e. The summed E-state index contributed by atoms with van der Waals surface area (Å²) in [5.41, 5.74) is 1.07. The minimum absolute atomic E-state index is 0.192. The Hall–Kier alpha value is -2.00. The zero-order chi connectivity index (χ0) is 13.7. The number of hydrogen-bond acceptors (Lipinski definition) is 2. The van der Waals surface area contributed by atoms with Crippen LogP contribution < -0.4 is 4.74 Å². The lowest BCUT2D eigenvalue weighted by atomic mass is 10.1. The molecule has 0 radical (unpaired) electrons. The van der Waals surface area contributed by atoms with Crippen LogP contribution >= 0.6 is 11.6 Å². The van der Waals surface area contributed by atoms with Crippen LogP contribution in [-0.2, 0) is 6.42 Å². The fourth-order valence-electron chi connectivity index (χ4n) is 1.68. The average molecular weight is 277 g/mol. The van der Waals surface area contributed by atoms with E-state index in [1.807, 2.05) is 30.3 Å². The molecule has 0 spiro atoms. The second kappa shape index (κ2) is 6.25. The molecule has 0 aliphatic heterocycles. The van der Waals surface area contributed by atoms with Crippen LogP contribution in [0.4, 0.5) is 0 Å². The summed E-state index contributed by atoms with van der Waals surface area (Å²) in [6, 6.07) is 14.2. The summed E-state index contributed by atoms with van der Waals surface area (Å²) < 4.78 is 5.57. The standard InChI is InChI=1S/C15H13ClO3/c16-14-10-12(15(17)18)7-6-11(14)8-9-19-13-4-2-1-3-5-13/h1-7,10H,8-9H2,(H,17,18). The molecule has 0 fully saturated rings. The van der Waals surface area contributed by atoms with Gasteiger partial charge in [0, 0.05) is 11.4 Å². The number of hydrogen-bond donors (Lipinski definition) is 1. The molecule has 3 nitrogen and oxygen atoms in total. The molecule has 98 valence electrons. The van der Waals surface area contributed by atoms with Crippen molar-refractivity contribution in [2.24, 2.45) is 0 Å². The Kier molecular flexibility index (Phi) is 4.42. The molecule has 0 aliphatic carbocycles. The lowest BCUT2D eigenvalue weighted by Gasteiger charge is -2.07. The maximum Gasteiger partial charge on any atom is 0.335 e. The number of para-hydroxylation sites is 1. The van der Waals surface area contributed by atoms with Crippen LogP contribution in [-0.4, -0.2) is 17.7 Å². The summed E-state index contributed by atoms with van der Waals surface area (Å²) >= 11 is 6.04. The fraction of sp³-hybridized carbons (Fsp3) is 0.133. The summed E-state index contributed by atoms with van der Waals surface area (Å²) in [5, 5.41) is 9.30. The van der Waals surface area contributed by atoms with Gasteiger partial charge in [-0.3, -0.25) is 0 Å². The number of halogens is 1. The first kappa shape index (κ1) is 13.4. The molecule has 2 rings (SSSR count). The first-order chi connectivity index (χ1) is 9.16. The zero-order valence-electron chi connectivity index (χ0n) is 10.2. The molecule has 0 unspecified atom stereocenters. The fourth-order valence-corrected chi connectivity index (χ4v) is 1.95. The number of aromatic carboxylic acids is 1. The maximum atomic E-state index is 10.8. The number of benzene rings is 2. The monoisotopic (exact) mass is 276 g/mol. The van der Waals surface area contributed by atoms with Gasteiger partial charge in [0.2, 0.25) is 0 Å². The van der Waals surface area contributed by atoms with Crippen molar-refractivity contribution in [1.29, 1.82) is 0 Å². The number of ether oxygens (including phenoxy) is 1. The molecular formula is C15H13ClO3. The Morgan fingerprint density at radius 2 is 1.89 bits per heavy atom. The normalized spacial score (nSPS) is 10.2. The highest BCUT2D eigenvalue weighted by atomic mass is 35.5. The molecule has 4 heteroatoms. The van der Waals surface area contributed by atoms with Gasteiger partial charge in [0.15, 0.2) is 0 Å². The number of carboxylic acids is 1. The van der Waals surface area contributed by atoms with E-state index in [-0.39, 0.29) is 5.56 Å². The van der Waals surface area contributed by atoms with Crippen LogP contribution in [0.3, 0.4) is 0 Å². The molecule has 0 aliphatic rings. The van der Waals surface area contributed by atoms with Gasteiger partial charge in [-0.2, -0.15) is 0 Å². The molecule has 0 heterocycles. The third-order valence-corrected chi connectivity index (χ3v) is 3.04. The lowest BCUT2D eigenvalue weighted by molar-refractivity contribution is 0.0697. The van der Waals surface area contributed by atoms with Gasteiger partial charge in [-0.1, -0.05) is 35.9 Å². The van der Waals surface area contributed by atoms with Crippen molar-refractivity contribution < 1.29 is 14.6 Å². The summed E-state index contributed by atoms with van der Waals surface area (Å²) in [5.74, 6) is -0.172. The van der Waals surface area contributed by atoms with E-state index in [9.17, 15) is 4.79 Å². The van der Waals surface area contributed by atoms with E-state index in [0.29, 0.717) is 18.1 Å². The van der Waals surface area contributed by atoms with Crippen molar-refractivity contribution in [3.63, 3.8) is 0 Å². The van der Waals surface area contributed by atoms with Gasteiger partial charge in [0.25, 0.3) is 0 Å². The number of carbonyl (C=O) groups is 1. The highest BCUT2D eigenvalue weighted by Crippen LogP contribution is 2.19. The molecular weight excluding hydrogens is 264 g/mol. The molecule has 0 amide bonds. The van der Waals surface area contributed by atoms with Gasteiger partial charge in [0.1, 0.15) is 5.75 Å². The minimum Gasteiger partial charge on any atom is -0.493 e. The molecule has 2 aromatic carbocycles. The predicted octanol–water partition coefficient (Wildman–Crippen LogP) is 3.66. The van der Waals surface area contributed by atoms with Gasteiger partial charge in [-0.15, -0.1) is 0 Å². The molecule has 2 aromatic rings. The molecule has 1 N–H and O–H groups in total. The van der Waals surface area contributed by atoms with Crippen molar-refractivity contribution >= 4 is 17.6 Å². The van der Waals surface area contributed by atoms with Crippen molar-refractivity contribution in [1.82, 2.24) is 0 Å². The topological polar surface area (TPSA) is 46.5 Å². The van der Waals surface area contributed by atoms with Gasteiger partial charge < -0.3 is 9.84 Å². The third kappa shape index (κ3) is 3.73. The van der Waals surface area contributed by atoms with E-state index >= 15 is 0 Å². The van der Waals surface area contributed by atoms with E-state index in [1.54, 1.807) is 12.1 Å². The van der Waals surface area contributed by atoms with Crippen molar-refractivity contribution in [2.45, 2.75) is 6.42 Å². The Labute approximate surface area is 116 Å². The van der Waals surface area contributed by atoms with Crippen molar-refractivity contribution in [2.75, 3.05) is 6.61 Å². The molecule has 0 saturated heterocycles. The van der Waals surface area contributed by atoms with E-state index in [4.69, 9.17) is 21.4 Å². The van der Waals surface area contributed by atoms with Crippen LogP contribution in [0.25, 0.3) is 0 Å². The molecule has 0 atom stereocenters. The van der Waals surface area contributed by atoms with Crippen molar-refractivity contribution in [3.05, 3.63) is 64.7 Å². The van der Waals surface area contributed by atoms with Gasteiger partial charge in [-0.25, -0.2) is 4.79 Å². The molecule has 0 saturated carbocycles. The number of rotatable bonds is 5. The van der Waals surface area contributed by atoms with E-state index < -0.39 is 5.97 Å². The summed E-state index contributed by atoms with van der Waals surface area (Å²) in [4.78, 5) is 10.8. The van der Waals surface area contributed by atoms with E-state index in [2.05, 4.69) is 0 Å². The Morgan fingerprint density at radius 1 is 1.16 bits per heavy atom. The van der Waals surface area contributed by atoms with Crippen LogP contribution in [0.5, 0.6) is 5.75 Å². The molecule has 19 heavy (non-hydrogen) atoms.